The molecule has 2 aromatic heterocycles. The van der Waals surface area contributed by atoms with Crippen LogP contribution in [0.2, 0.25) is 0 Å². The minimum Gasteiger partial charge on any atom is -0.298 e. The van der Waals surface area contributed by atoms with Gasteiger partial charge in [-0.05, 0) is 31.6 Å². The van der Waals surface area contributed by atoms with Crippen LogP contribution in [-0.4, -0.2) is 15.9 Å². The number of aryl methyl sites for hydroxylation is 2. The Bertz CT molecular complexity index is 832. The summed E-state index contributed by atoms with van der Waals surface area (Å²) in [5.41, 5.74) is 2.85. The van der Waals surface area contributed by atoms with Gasteiger partial charge in [0.25, 0.3) is 0 Å². The molecule has 1 aromatic carbocycles. The first-order valence-corrected chi connectivity index (χ1v) is 8.09. The van der Waals surface area contributed by atoms with Gasteiger partial charge in [-0.3, -0.25) is 10.1 Å². The minimum absolute atomic E-state index is 0.197. The highest BCUT2D eigenvalue weighted by molar-refractivity contribution is 7.22. The van der Waals surface area contributed by atoms with Crippen LogP contribution in [0.5, 0.6) is 0 Å². The second kappa shape index (κ2) is 5.75. The van der Waals surface area contributed by atoms with E-state index in [-0.39, 0.29) is 5.91 Å². The largest absolute Gasteiger partial charge is 0.298 e. The maximum atomic E-state index is 11.9. The van der Waals surface area contributed by atoms with Gasteiger partial charge < -0.3 is 0 Å². The van der Waals surface area contributed by atoms with Crippen LogP contribution in [0.3, 0.4) is 0 Å². The molecule has 0 bridgehead atoms. The standard InChI is InChI=1S/C15H13N3OS2/c1-9-4-3-5-12-14(9)18-15(21-12)17-13(19)7-6-11-8-20-10(2)16-11/h3-8H,1-2H3,(H,17,18,19)/b7-6+. The van der Waals surface area contributed by atoms with Crippen molar-refractivity contribution in [1.82, 2.24) is 9.97 Å². The third-order valence-corrected chi connectivity index (χ3v) is 4.62. The molecule has 0 saturated heterocycles. The quantitative estimate of drug-likeness (QED) is 0.743. The predicted molar refractivity (Wildman–Crippen MR) is 88.9 cm³/mol. The number of rotatable bonds is 3. The van der Waals surface area contributed by atoms with Crippen LogP contribution in [0.15, 0.2) is 29.7 Å². The van der Waals surface area contributed by atoms with Crippen molar-refractivity contribution in [3.8, 4) is 0 Å². The van der Waals surface area contributed by atoms with Crippen molar-refractivity contribution < 1.29 is 4.79 Å². The number of benzene rings is 1. The molecule has 1 N–H and O–H groups in total. The van der Waals surface area contributed by atoms with E-state index in [2.05, 4.69) is 15.3 Å². The average molecular weight is 315 g/mol. The smallest absolute Gasteiger partial charge is 0.250 e. The molecule has 4 nitrogen and oxygen atoms in total. The van der Waals surface area contributed by atoms with E-state index in [4.69, 9.17) is 0 Å². The fraction of sp³-hybridized carbons (Fsp3) is 0.133. The first-order chi connectivity index (χ1) is 10.1. The molecule has 0 spiro atoms. The Morgan fingerprint density at radius 3 is 2.86 bits per heavy atom. The number of carbonyl (C=O) groups is 1. The van der Waals surface area contributed by atoms with E-state index in [0.29, 0.717) is 5.13 Å². The van der Waals surface area contributed by atoms with Gasteiger partial charge in [-0.2, -0.15) is 0 Å². The molecule has 21 heavy (non-hydrogen) atoms. The molecule has 6 heteroatoms. The minimum atomic E-state index is -0.197. The summed E-state index contributed by atoms with van der Waals surface area (Å²) >= 11 is 3.04. The molecule has 0 aliphatic heterocycles. The first-order valence-electron chi connectivity index (χ1n) is 6.39. The number of anilines is 1. The average Bonchev–Trinajstić information content (AvgIpc) is 3.03. The molecule has 0 fully saturated rings. The van der Waals surface area contributed by atoms with E-state index in [0.717, 1.165) is 26.5 Å². The summed E-state index contributed by atoms with van der Waals surface area (Å²) in [6.45, 7) is 3.95. The highest BCUT2D eigenvalue weighted by Gasteiger charge is 2.07. The molecule has 0 aliphatic rings. The van der Waals surface area contributed by atoms with Crippen LogP contribution < -0.4 is 5.32 Å². The van der Waals surface area contributed by atoms with Gasteiger partial charge in [-0.1, -0.05) is 23.5 Å². The summed E-state index contributed by atoms with van der Waals surface area (Å²) < 4.78 is 1.07. The monoisotopic (exact) mass is 315 g/mol. The summed E-state index contributed by atoms with van der Waals surface area (Å²) in [5.74, 6) is -0.197. The van der Waals surface area contributed by atoms with Crippen molar-refractivity contribution in [2.24, 2.45) is 0 Å². The van der Waals surface area contributed by atoms with Gasteiger partial charge in [0, 0.05) is 11.5 Å². The van der Waals surface area contributed by atoms with Crippen LogP contribution in [0.1, 0.15) is 16.3 Å². The molecule has 1 amide bonds. The van der Waals surface area contributed by atoms with Crippen molar-refractivity contribution in [1.29, 1.82) is 0 Å². The van der Waals surface area contributed by atoms with E-state index in [1.807, 2.05) is 37.4 Å². The molecule has 3 aromatic rings. The molecule has 0 aliphatic carbocycles. The SMILES string of the molecule is Cc1nc(/C=C/C(=O)Nc2nc3c(C)cccc3s2)cs1. The Morgan fingerprint density at radius 1 is 1.29 bits per heavy atom. The second-order valence-corrected chi connectivity index (χ2v) is 6.65. The highest BCUT2D eigenvalue weighted by atomic mass is 32.1. The van der Waals surface area contributed by atoms with Gasteiger partial charge in [-0.25, -0.2) is 9.97 Å². The summed E-state index contributed by atoms with van der Waals surface area (Å²) in [4.78, 5) is 20.6. The molecule has 0 atom stereocenters. The Kier molecular flexibility index (Phi) is 3.81. The molecular weight excluding hydrogens is 302 g/mol. The van der Waals surface area contributed by atoms with Gasteiger partial charge in [0.2, 0.25) is 5.91 Å². The zero-order valence-corrected chi connectivity index (χ0v) is 13.2. The van der Waals surface area contributed by atoms with Crippen molar-refractivity contribution in [3.05, 3.63) is 45.9 Å². The summed E-state index contributed by atoms with van der Waals surface area (Å²) in [6, 6.07) is 6.01. The third-order valence-electron chi connectivity index (χ3n) is 2.89. The number of carbonyl (C=O) groups excluding carboxylic acids is 1. The van der Waals surface area contributed by atoms with E-state index < -0.39 is 0 Å². The summed E-state index contributed by atoms with van der Waals surface area (Å²) in [6.07, 6.45) is 3.19. The Balaban J connectivity index is 1.74. The molecule has 0 unspecified atom stereocenters. The van der Waals surface area contributed by atoms with Crippen LogP contribution in [-0.2, 0) is 4.79 Å². The maximum absolute atomic E-state index is 11.9. The van der Waals surface area contributed by atoms with Crippen molar-refractivity contribution in [2.75, 3.05) is 5.32 Å². The van der Waals surface area contributed by atoms with Crippen LogP contribution in [0.4, 0.5) is 5.13 Å². The topological polar surface area (TPSA) is 54.9 Å². The number of fused-ring (bicyclic) bond motifs is 1. The van der Waals surface area contributed by atoms with E-state index >= 15 is 0 Å². The number of hydrogen-bond donors (Lipinski definition) is 1. The van der Waals surface area contributed by atoms with Crippen LogP contribution in [0, 0.1) is 13.8 Å². The number of amides is 1. The first kappa shape index (κ1) is 13.9. The van der Waals surface area contributed by atoms with Crippen molar-refractivity contribution in [2.45, 2.75) is 13.8 Å². The molecule has 2 heterocycles. The number of thiazole rings is 2. The van der Waals surface area contributed by atoms with Crippen molar-refractivity contribution in [3.63, 3.8) is 0 Å². The Morgan fingerprint density at radius 2 is 2.14 bits per heavy atom. The fourth-order valence-corrected chi connectivity index (χ4v) is 3.43. The van der Waals surface area contributed by atoms with Gasteiger partial charge in [0.05, 0.1) is 20.9 Å². The number of para-hydroxylation sites is 1. The van der Waals surface area contributed by atoms with Crippen LogP contribution in [0.25, 0.3) is 16.3 Å². The number of hydrogen-bond acceptors (Lipinski definition) is 5. The lowest BCUT2D eigenvalue weighted by Crippen LogP contribution is -2.07. The third kappa shape index (κ3) is 3.17. The lowest BCUT2D eigenvalue weighted by atomic mass is 10.2. The number of nitrogens with one attached hydrogen (secondary N) is 1. The van der Waals surface area contributed by atoms with Crippen molar-refractivity contribution >= 4 is 50.0 Å². The summed E-state index contributed by atoms with van der Waals surface area (Å²) in [7, 11) is 0. The maximum Gasteiger partial charge on any atom is 0.250 e. The zero-order valence-electron chi connectivity index (χ0n) is 11.6. The summed E-state index contributed by atoms with van der Waals surface area (Å²) in [5, 5.41) is 6.31. The normalized spacial score (nSPS) is 11.3. The van der Waals surface area contributed by atoms with Crippen LogP contribution >= 0.6 is 22.7 Å². The van der Waals surface area contributed by atoms with E-state index in [9.17, 15) is 4.79 Å². The van der Waals surface area contributed by atoms with E-state index in [1.54, 1.807) is 17.4 Å². The van der Waals surface area contributed by atoms with E-state index in [1.165, 1.54) is 17.4 Å². The molecular formula is C15H13N3OS2. The van der Waals surface area contributed by atoms with Gasteiger partial charge in [0.15, 0.2) is 5.13 Å². The molecule has 0 radical (unpaired) electrons. The lowest BCUT2D eigenvalue weighted by molar-refractivity contribution is -0.111. The van der Waals surface area contributed by atoms with Gasteiger partial charge >= 0.3 is 0 Å². The molecule has 106 valence electrons. The Hall–Kier alpha value is -2.05. The Labute approximate surface area is 130 Å². The predicted octanol–water partition coefficient (Wildman–Crippen LogP) is 4.02. The zero-order chi connectivity index (χ0) is 14.8. The molecule has 3 rings (SSSR count). The second-order valence-electron chi connectivity index (χ2n) is 4.55. The molecule has 0 saturated carbocycles. The van der Waals surface area contributed by atoms with Gasteiger partial charge in [0.1, 0.15) is 0 Å². The number of aromatic nitrogens is 2. The lowest BCUT2D eigenvalue weighted by Gasteiger charge is -1.94. The van der Waals surface area contributed by atoms with Gasteiger partial charge in [-0.15, -0.1) is 11.3 Å². The number of nitrogens with zero attached hydrogens (tertiary/aromatic N) is 2. The highest BCUT2D eigenvalue weighted by Crippen LogP contribution is 2.27. The fourth-order valence-electron chi connectivity index (χ4n) is 1.90.